The van der Waals surface area contributed by atoms with Gasteiger partial charge in [-0.3, -0.25) is 0 Å². The highest BCUT2D eigenvalue weighted by atomic mass is 35.5. The highest BCUT2D eigenvalue weighted by Crippen LogP contribution is 2.10. The van der Waals surface area contributed by atoms with Crippen molar-refractivity contribution >= 4 is 17.6 Å². The van der Waals surface area contributed by atoms with Gasteiger partial charge in [-0.1, -0.05) is 6.58 Å². The molecular weight excluding hydrogens is 144 g/mol. The van der Waals surface area contributed by atoms with Gasteiger partial charge in [0.15, 0.2) is 0 Å². The van der Waals surface area contributed by atoms with Crippen molar-refractivity contribution in [2.45, 2.75) is 12.2 Å². The number of carbonyl (C=O) groups is 1. The van der Waals surface area contributed by atoms with Crippen LogP contribution < -0.4 is 0 Å². The Morgan fingerprint density at radius 2 is 2.44 bits per heavy atom. The van der Waals surface area contributed by atoms with Gasteiger partial charge in [0.1, 0.15) is 0 Å². The van der Waals surface area contributed by atoms with E-state index in [1.165, 1.54) is 0 Å². The molecule has 0 aliphatic carbocycles. The minimum absolute atomic E-state index is 0.755. The molecule has 0 saturated carbocycles. The molecule has 1 N–H and O–H groups in total. The molecule has 0 spiro atoms. The van der Waals surface area contributed by atoms with Crippen molar-refractivity contribution in [3.05, 3.63) is 12.7 Å². The van der Waals surface area contributed by atoms with E-state index in [0.717, 1.165) is 13.0 Å². The van der Waals surface area contributed by atoms with Crippen molar-refractivity contribution in [2.24, 2.45) is 0 Å². The first-order valence-electron chi connectivity index (χ1n) is 2.22. The summed E-state index contributed by atoms with van der Waals surface area (Å²) in [6.45, 7) is 4.24. The fourth-order valence-electron chi connectivity index (χ4n) is 0.225. The van der Waals surface area contributed by atoms with Crippen LogP contribution in [0.15, 0.2) is 12.7 Å². The van der Waals surface area contributed by atoms with E-state index in [0.29, 0.717) is 0 Å². The van der Waals surface area contributed by atoms with E-state index in [9.17, 15) is 4.79 Å². The zero-order valence-corrected chi connectivity index (χ0v) is 5.68. The summed E-state index contributed by atoms with van der Waals surface area (Å²) in [5.74, 6) is -0.755. The van der Waals surface area contributed by atoms with Gasteiger partial charge in [0, 0.05) is 13.0 Å². The number of ether oxygens (including phenoxy) is 1. The number of halogens is 1. The Bertz CT molecular complexity index is 125. The van der Waals surface area contributed by atoms with Crippen molar-refractivity contribution in [3.63, 3.8) is 0 Å². The third-order valence-electron chi connectivity index (χ3n) is 0.454. The van der Waals surface area contributed by atoms with E-state index in [2.05, 4.69) is 11.3 Å². The molecule has 0 aromatic heterocycles. The van der Waals surface area contributed by atoms with Crippen LogP contribution in [0.1, 0.15) is 6.92 Å². The first kappa shape index (κ1) is 8.46. The minimum atomic E-state index is -1.93. The lowest BCUT2D eigenvalue weighted by atomic mass is 10.6. The van der Waals surface area contributed by atoms with Crippen LogP contribution in [0.4, 0.5) is 0 Å². The third-order valence-corrected chi connectivity index (χ3v) is 0.531. The second-order valence-corrected chi connectivity index (χ2v) is 2.20. The van der Waals surface area contributed by atoms with Crippen LogP contribution in [-0.2, 0) is 9.53 Å². The molecule has 4 heteroatoms. The average molecular weight is 151 g/mol. The molecule has 0 bridgehead atoms. The molecule has 0 saturated heterocycles. The highest BCUT2D eigenvalue weighted by molar-refractivity contribution is 6.22. The minimum Gasteiger partial charge on any atom is -0.415 e. The molecule has 0 amide bonds. The average Bonchev–Trinajstić information content (AvgIpc) is 1.62. The Morgan fingerprint density at radius 3 is 2.56 bits per heavy atom. The van der Waals surface area contributed by atoms with Gasteiger partial charge in [0.05, 0.1) is 0 Å². The van der Waals surface area contributed by atoms with Gasteiger partial charge in [-0.2, -0.15) is 0 Å². The largest absolute Gasteiger partial charge is 0.415 e. The van der Waals surface area contributed by atoms with Crippen molar-refractivity contribution in [1.82, 2.24) is 0 Å². The maximum absolute atomic E-state index is 10.2. The Labute approximate surface area is 57.9 Å². The van der Waals surface area contributed by atoms with Crippen molar-refractivity contribution < 1.29 is 14.6 Å². The van der Waals surface area contributed by atoms with E-state index in [1.807, 2.05) is 0 Å². The van der Waals surface area contributed by atoms with Gasteiger partial charge in [0.2, 0.25) is 0 Å². The number of rotatable bonds is 2. The number of hydrogen-bond acceptors (Lipinski definition) is 3. The quantitative estimate of drug-likeness (QED) is 0.272. The van der Waals surface area contributed by atoms with E-state index in [4.69, 9.17) is 16.7 Å². The second-order valence-electron chi connectivity index (χ2n) is 1.49. The monoisotopic (exact) mass is 150 g/mol. The Kier molecular flexibility index (Phi) is 2.67. The maximum Gasteiger partial charge on any atom is 0.333 e. The Hall–Kier alpha value is -0.540. The third kappa shape index (κ3) is 5.33. The predicted octanol–water partition coefficient (Wildman–Crippen LogP) is 0.620. The van der Waals surface area contributed by atoms with E-state index in [1.54, 1.807) is 0 Å². The van der Waals surface area contributed by atoms with Gasteiger partial charge >= 0.3 is 5.97 Å². The summed E-state index contributed by atoms with van der Waals surface area (Å²) < 4.78 is 4.15. The van der Waals surface area contributed by atoms with Crippen LogP contribution in [0, 0.1) is 0 Å². The smallest absolute Gasteiger partial charge is 0.333 e. The van der Waals surface area contributed by atoms with E-state index >= 15 is 0 Å². The number of aliphatic hydroxyl groups is 1. The second kappa shape index (κ2) is 2.85. The van der Waals surface area contributed by atoms with Crippen LogP contribution in [0.25, 0.3) is 0 Å². The summed E-state index contributed by atoms with van der Waals surface area (Å²) >= 11 is 5.07. The summed E-state index contributed by atoms with van der Waals surface area (Å²) in [5.41, 5.74) is 0. The van der Waals surface area contributed by atoms with Gasteiger partial charge in [-0.05, 0) is 11.6 Å². The van der Waals surface area contributed by atoms with Crippen LogP contribution in [-0.4, -0.2) is 16.3 Å². The van der Waals surface area contributed by atoms with Crippen LogP contribution in [0.3, 0.4) is 0 Å². The van der Waals surface area contributed by atoms with Crippen molar-refractivity contribution in [2.75, 3.05) is 0 Å². The SMILES string of the molecule is C=CC(=O)OC(C)(O)Cl. The van der Waals surface area contributed by atoms with Gasteiger partial charge in [-0.25, -0.2) is 4.79 Å². The zero-order chi connectivity index (χ0) is 7.49. The lowest BCUT2D eigenvalue weighted by Gasteiger charge is -2.12. The lowest BCUT2D eigenvalue weighted by molar-refractivity contribution is -0.168. The summed E-state index contributed by atoms with van der Waals surface area (Å²) in [5, 5.41) is 6.67. The van der Waals surface area contributed by atoms with Crippen molar-refractivity contribution in [1.29, 1.82) is 0 Å². The van der Waals surface area contributed by atoms with E-state index in [-0.39, 0.29) is 0 Å². The molecule has 52 valence electrons. The molecule has 1 atom stereocenters. The standard InChI is InChI=1S/C5H7ClO3/c1-3-4(7)9-5(2,6)8/h3,8H,1H2,2H3. The molecule has 0 aliphatic heterocycles. The molecule has 0 heterocycles. The highest BCUT2D eigenvalue weighted by Gasteiger charge is 2.18. The fraction of sp³-hybridized carbons (Fsp3) is 0.400. The van der Waals surface area contributed by atoms with Gasteiger partial charge < -0.3 is 9.84 Å². The zero-order valence-electron chi connectivity index (χ0n) is 4.93. The number of hydrogen-bond donors (Lipinski definition) is 1. The summed E-state index contributed by atoms with van der Waals surface area (Å²) in [6, 6.07) is 0. The Morgan fingerprint density at radius 1 is 2.00 bits per heavy atom. The number of esters is 1. The Balaban J connectivity index is 3.74. The first-order chi connectivity index (χ1) is 3.95. The topological polar surface area (TPSA) is 46.5 Å². The van der Waals surface area contributed by atoms with Crippen LogP contribution in [0.2, 0.25) is 0 Å². The molecular formula is C5H7ClO3. The van der Waals surface area contributed by atoms with Gasteiger partial charge in [0.25, 0.3) is 5.25 Å². The van der Waals surface area contributed by atoms with Gasteiger partial charge in [-0.15, -0.1) is 0 Å². The number of alkyl halides is 1. The molecule has 1 unspecified atom stereocenters. The van der Waals surface area contributed by atoms with Crippen LogP contribution >= 0.6 is 11.6 Å². The predicted molar refractivity (Wildman–Crippen MR) is 32.8 cm³/mol. The lowest BCUT2D eigenvalue weighted by Crippen LogP contribution is -2.22. The molecule has 0 fully saturated rings. The molecule has 0 aliphatic rings. The molecule has 0 aromatic rings. The summed E-state index contributed by atoms with van der Waals surface area (Å²) in [4.78, 5) is 10.2. The molecule has 0 radical (unpaired) electrons. The van der Waals surface area contributed by atoms with Crippen LogP contribution in [0.5, 0.6) is 0 Å². The molecule has 0 rings (SSSR count). The first-order valence-corrected chi connectivity index (χ1v) is 2.60. The number of carbonyl (C=O) groups excluding carboxylic acids is 1. The maximum atomic E-state index is 10.2. The van der Waals surface area contributed by atoms with E-state index < -0.39 is 11.2 Å². The summed E-state index contributed by atoms with van der Waals surface area (Å²) in [7, 11) is 0. The molecule has 3 nitrogen and oxygen atoms in total. The molecule has 9 heavy (non-hydrogen) atoms. The van der Waals surface area contributed by atoms with Crippen molar-refractivity contribution in [3.8, 4) is 0 Å². The fourth-order valence-corrected chi connectivity index (χ4v) is 0.301. The molecule has 0 aromatic carbocycles. The normalized spacial score (nSPS) is 15.9. The summed E-state index contributed by atoms with van der Waals surface area (Å²) in [6.07, 6.45) is 0.914.